The number of urea groups is 1. The number of nitrogens with one attached hydrogen (secondary N) is 1. The first-order chi connectivity index (χ1) is 15.3. The lowest BCUT2D eigenvalue weighted by Gasteiger charge is -2.33. The maximum absolute atomic E-state index is 13.5. The Labute approximate surface area is 197 Å². The number of aromatic nitrogens is 2. The first-order valence-electron chi connectivity index (χ1n) is 10.9. The van der Waals surface area contributed by atoms with Crippen molar-refractivity contribution in [2.75, 3.05) is 12.3 Å². The Hall–Kier alpha value is -2.35. The predicted octanol–water partition coefficient (Wildman–Crippen LogP) is 5.32. The number of fused-ring (bicyclic) bond motifs is 1. The summed E-state index contributed by atoms with van der Waals surface area (Å²) < 4.78 is 1.82. The molecule has 0 aliphatic carbocycles. The highest BCUT2D eigenvalue weighted by Crippen LogP contribution is 2.32. The number of nitrogens with zero attached hydrogens (tertiary/aromatic N) is 3. The molecule has 32 heavy (non-hydrogen) atoms. The van der Waals surface area contributed by atoms with Crippen LogP contribution in [0.15, 0.2) is 53.7 Å². The van der Waals surface area contributed by atoms with Gasteiger partial charge in [0, 0.05) is 24.9 Å². The number of amides is 3. The molecule has 1 saturated heterocycles. The number of likely N-dealkylation sites (tertiary alicyclic amines) is 1. The van der Waals surface area contributed by atoms with E-state index in [1.165, 1.54) is 11.8 Å². The number of hydrogen-bond donors (Lipinski definition) is 1. The number of para-hydroxylation sites is 2. The average Bonchev–Trinajstić information content (AvgIpc) is 3.33. The van der Waals surface area contributed by atoms with Crippen LogP contribution in [0.3, 0.4) is 0 Å². The van der Waals surface area contributed by atoms with Gasteiger partial charge in [-0.3, -0.25) is 5.32 Å². The Morgan fingerprint density at radius 3 is 2.66 bits per heavy atom. The van der Waals surface area contributed by atoms with Crippen molar-refractivity contribution in [3.63, 3.8) is 0 Å². The van der Waals surface area contributed by atoms with Crippen molar-refractivity contribution in [2.45, 2.75) is 43.9 Å². The average molecular weight is 472 g/mol. The molecule has 3 amide bonds. The topological polar surface area (TPSA) is 64.0 Å². The SMILES string of the molecule is CC(NC(=O)[N+]1(C(=O)CSc2nc3ccccc3n2C)CCC[C@H]1C)c1ccccc1Cl. The Morgan fingerprint density at radius 2 is 1.97 bits per heavy atom. The van der Waals surface area contributed by atoms with E-state index >= 15 is 0 Å². The third-order valence-corrected chi connectivity index (χ3v) is 7.83. The molecule has 2 unspecified atom stereocenters. The molecule has 0 bridgehead atoms. The van der Waals surface area contributed by atoms with Crippen LogP contribution in [0.4, 0.5) is 4.79 Å². The summed E-state index contributed by atoms with van der Waals surface area (Å²) in [5.41, 5.74) is 2.76. The van der Waals surface area contributed by atoms with Gasteiger partial charge in [0.2, 0.25) is 0 Å². The van der Waals surface area contributed by atoms with Crippen LogP contribution < -0.4 is 5.32 Å². The summed E-state index contributed by atoms with van der Waals surface area (Å²) in [6, 6.07) is 14.7. The van der Waals surface area contributed by atoms with Gasteiger partial charge in [0.05, 0.1) is 23.6 Å². The lowest BCUT2D eigenvalue weighted by molar-refractivity contribution is -0.784. The van der Waals surface area contributed by atoms with Crippen molar-refractivity contribution in [3.05, 3.63) is 59.1 Å². The highest BCUT2D eigenvalue weighted by molar-refractivity contribution is 7.99. The fourth-order valence-electron chi connectivity index (χ4n) is 4.56. The monoisotopic (exact) mass is 471 g/mol. The fourth-order valence-corrected chi connectivity index (χ4v) is 5.80. The van der Waals surface area contributed by atoms with Crippen LogP contribution in [0.25, 0.3) is 11.0 Å². The minimum atomic E-state index is -0.292. The van der Waals surface area contributed by atoms with Crippen molar-refractivity contribution in [3.8, 4) is 0 Å². The van der Waals surface area contributed by atoms with E-state index in [0.29, 0.717) is 11.6 Å². The number of halogens is 1. The third-order valence-electron chi connectivity index (χ3n) is 6.48. The molecule has 0 radical (unpaired) electrons. The van der Waals surface area contributed by atoms with Gasteiger partial charge in [-0.05, 0) is 37.6 Å². The fraction of sp³-hybridized carbons (Fsp3) is 0.375. The molecule has 4 rings (SSSR count). The Balaban J connectivity index is 1.53. The zero-order valence-electron chi connectivity index (χ0n) is 18.5. The van der Waals surface area contributed by atoms with E-state index in [1.807, 2.05) is 67.9 Å². The van der Waals surface area contributed by atoms with E-state index in [2.05, 4.69) is 10.3 Å². The molecule has 3 aromatic rings. The predicted molar refractivity (Wildman–Crippen MR) is 129 cm³/mol. The largest absolute Gasteiger partial charge is 0.424 e. The van der Waals surface area contributed by atoms with Crippen LogP contribution in [-0.2, 0) is 11.8 Å². The van der Waals surface area contributed by atoms with Crippen LogP contribution >= 0.6 is 23.4 Å². The summed E-state index contributed by atoms with van der Waals surface area (Å²) in [5.74, 6) is 0.103. The summed E-state index contributed by atoms with van der Waals surface area (Å²) >= 11 is 7.71. The standard InChI is InChI=1S/C24H27ClN4O2S/c1-16-9-8-14-29(16,24(31)26-17(2)18-10-4-5-11-19(18)25)22(30)15-32-23-27-20-12-6-7-13-21(20)28(23)3/h4-7,10-13,16-17H,8-9,14-15H2,1-3H3/p+1/t16-,17?,29?/m1/s1. The maximum atomic E-state index is 13.5. The molecule has 1 fully saturated rings. The summed E-state index contributed by atoms with van der Waals surface area (Å²) in [5, 5.41) is 4.43. The van der Waals surface area contributed by atoms with E-state index in [0.717, 1.165) is 34.6 Å². The minimum absolute atomic E-state index is 0.0676. The molecule has 6 nitrogen and oxygen atoms in total. The second kappa shape index (κ2) is 9.25. The number of carbonyl (C=O) groups excluding carboxylic acids is 2. The van der Waals surface area contributed by atoms with Crippen molar-refractivity contribution in [2.24, 2.45) is 7.05 Å². The van der Waals surface area contributed by atoms with Gasteiger partial charge in [0.25, 0.3) is 0 Å². The molecular formula is C24H28ClN4O2S+. The smallest absolute Gasteiger partial charge is 0.322 e. The van der Waals surface area contributed by atoms with Crippen molar-refractivity contribution < 1.29 is 14.1 Å². The second-order valence-corrected chi connectivity index (χ2v) is 9.75. The van der Waals surface area contributed by atoms with E-state index in [-0.39, 0.29) is 34.3 Å². The zero-order valence-corrected chi connectivity index (χ0v) is 20.1. The molecule has 2 heterocycles. The van der Waals surface area contributed by atoms with Gasteiger partial charge in [-0.15, -0.1) is 0 Å². The molecular weight excluding hydrogens is 444 g/mol. The van der Waals surface area contributed by atoms with Gasteiger partial charge in [-0.1, -0.05) is 53.7 Å². The van der Waals surface area contributed by atoms with Crippen LogP contribution in [0.1, 0.15) is 38.3 Å². The highest BCUT2D eigenvalue weighted by atomic mass is 35.5. The molecule has 1 aromatic heterocycles. The molecule has 1 aliphatic rings. The van der Waals surface area contributed by atoms with Gasteiger partial charge in [0.15, 0.2) is 5.16 Å². The number of benzene rings is 2. The summed E-state index contributed by atoms with van der Waals surface area (Å²) in [6.45, 7) is 4.41. The van der Waals surface area contributed by atoms with Gasteiger partial charge in [0.1, 0.15) is 11.8 Å². The first-order valence-corrected chi connectivity index (χ1v) is 12.2. The number of hydrogen-bond acceptors (Lipinski definition) is 4. The van der Waals surface area contributed by atoms with E-state index in [1.54, 1.807) is 6.07 Å². The second-order valence-electron chi connectivity index (χ2n) is 8.40. The van der Waals surface area contributed by atoms with Crippen LogP contribution in [0, 0.1) is 0 Å². The molecule has 0 spiro atoms. The number of imidazole rings is 1. The van der Waals surface area contributed by atoms with Crippen LogP contribution in [0.5, 0.6) is 0 Å². The summed E-state index contributed by atoms with van der Waals surface area (Å²) in [7, 11) is 1.95. The molecule has 3 atom stereocenters. The van der Waals surface area contributed by atoms with Gasteiger partial charge in [-0.25, -0.2) is 14.6 Å². The lowest BCUT2D eigenvalue weighted by atomic mass is 10.1. The van der Waals surface area contributed by atoms with Gasteiger partial charge in [-0.2, -0.15) is 4.48 Å². The lowest BCUT2D eigenvalue weighted by Crippen LogP contribution is -2.63. The van der Waals surface area contributed by atoms with Gasteiger partial charge < -0.3 is 4.57 Å². The summed E-state index contributed by atoms with van der Waals surface area (Å²) in [6.07, 6.45) is 1.69. The quantitative estimate of drug-likeness (QED) is 0.404. The van der Waals surface area contributed by atoms with E-state index in [9.17, 15) is 9.59 Å². The molecule has 1 N–H and O–H groups in total. The van der Waals surface area contributed by atoms with Crippen LogP contribution in [-0.4, -0.2) is 44.3 Å². The third kappa shape index (κ3) is 4.05. The Morgan fingerprint density at radius 1 is 1.25 bits per heavy atom. The number of carbonyl (C=O) groups is 2. The van der Waals surface area contributed by atoms with E-state index in [4.69, 9.17) is 11.6 Å². The summed E-state index contributed by atoms with van der Waals surface area (Å²) in [4.78, 5) is 31.7. The Kier molecular flexibility index (Phi) is 6.60. The molecule has 2 aromatic carbocycles. The highest BCUT2D eigenvalue weighted by Gasteiger charge is 2.52. The van der Waals surface area contributed by atoms with Crippen LogP contribution in [0.2, 0.25) is 5.02 Å². The molecule has 1 aliphatic heterocycles. The van der Waals surface area contributed by atoms with Crippen molar-refractivity contribution >= 4 is 46.3 Å². The maximum Gasteiger partial charge on any atom is 0.424 e. The number of aryl methyl sites for hydroxylation is 1. The van der Waals surface area contributed by atoms with Crippen molar-refractivity contribution in [1.82, 2.24) is 14.9 Å². The van der Waals surface area contributed by atoms with E-state index < -0.39 is 0 Å². The van der Waals surface area contributed by atoms with Gasteiger partial charge >= 0.3 is 11.9 Å². The number of rotatable bonds is 5. The Bertz CT molecular complexity index is 1160. The van der Waals surface area contributed by atoms with Crippen molar-refractivity contribution in [1.29, 1.82) is 0 Å². The molecule has 168 valence electrons. The number of quaternary nitrogens is 1. The minimum Gasteiger partial charge on any atom is -0.322 e. The zero-order chi connectivity index (χ0) is 22.9. The molecule has 8 heteroatoms. The first kappa shape index (κ1) is 22.8. The number of thioether (sulfide) groups is 1. The normalized spacial score (nSPS) is 21.6. The number of imide groups is 1. The molecule has 0 saturated carbocycles.